The third-order valence-corrected chi connectivity index (χ3v) is 5.68. The van der Waals surface area contributed by atoms with Crippen LogP contribution in [0.5, 0.6) is 0 Å². The molecule has 3 aromatic rings. The number of benzene rings is 2. The van der Waals surface area contributed by atoms with Gasteiger partial charge in [-0.1, -0.05) is 48.5 Å². The molecule has 0 saturated carbocycles. The number of nitrogens with zero attached hydrogens (tertiary/aromatic N) is 1. The first kappa shape index (κ1) is 18.6. The van der Waals surface area contributed by atoms with Gasteiger partial charge in [0, 0.05) is 22.0 Å². The molecule has 0 unspecified atom stereocenters. The second-order valence-electron chi connectivity index (χ2n) is 6.41. The molecule has 0 atom stereocenters. The molecule has 0 bridgehead atoms. The lowest BCUT2D eigenvalue weighted by atomic mass is 10.1. The van der Waals surface area contributed by atoms with Crippen molar-refractivity contribution >= 4 is 34.4 Å². The number of thiocarbonyl (C=S) groups is 1. The van der Waals surface area contributed by atoms with E-state index in [-0.39, 0.29) is 0 Å². The van der Waals surface area contributed by atoms with Gasteiger partial charge in [-0.05, 0) is 61.8 Å². The molecule has 1 N–H and O–H groups in total. The largest absolute Gasteiger partial charge is 0.344 e. The van der Waals surface area contributed by atoms with Gasteiger partial charge in [0.05, 0.1) is 6.54 Å². The van der Waals surface area contributed by atoms with Crippen LogP contribution in [0.15, 0.2) is 66.7 Å². The van der Waals surface area contributed by atoms with E-state index in [4.69, 9.17) is 12.2 Å². The van der Waals surface area contributed by atoms with Crippen LogP contribution in [0.2, 0.25) is 0 Å². The first-order valence-electron chi connectivity index (χ1n) is 8.82. The third-order valence-electron chi connectivity index (χ3n) is 4.33. The van der Waals surface area contributed by atoms with E-state index < -0.39 is 0 Å². The molecule has 0 saturated heterocycles. The molecule has 1 aromatic heterocycles. The Labute approximate surface area is 165 Å². The Morgan fingerprint density at radius 1 is 0.962 bits per heavy atom. The summed E-state index contributed by atoms with van der Waals surface area (Å²) in [6.45, 7) is 5.97. The van der Waals surface area contributed by atoms with Crippen molar-refractivity contribution in [2.75, 3.05) is 11.9 Å². The van der Waals surface area contributed by atoms with Gasteiger partial charge in [0.15, 0.2) is 5.11 Å². The van der Waals surface area contributed by atoms with Crippen molar-refractivity contribution in [1.29, 1.82) is 0 Å². The summed E-state index contributed by atoms with van der Waals surface area (Å²) in [6.07, 6.45) is 0.973. The van der Waals surface area contributed by atoms with Crippen LogP contribution in [0.1, 0.15) is 20.9 Å². The van der Waals surface area contributed by atoms with Crippen LogP contribution in [-0.4, -0.2) is 16.6 Å². The van der Waals surface area contributed by atoms with Gasteiger partial charge >= 0.3 is 0 Å². The predicted molar refractivity (Wildman–Crippen MR) is 117 cm³/mol. The molecule has 0 aliphatic rings. The van der Waals surface area contributed by atoms with E-state index in [1.165, 1.54) is 20.9 Å². The van der Waals surface area contributed by atoms with Crippen LogP contribution in [0.3, 0.4) is 0 Å². The Morgan fingerprint density at radius 3 is 2.38 bits per heavy atom. The number of rotatable bonds is 6. The van der Waals surface area contributed by atoms with Gasteiger partial charge in [0.25, 0.3) is 0 Å². The van der Waals surface area contributed by atoms with Gasteiger partial charge < -0.3 is 10.2 Å². The van der Waals surface area contributed by atoms with Gasteiger partial charge in [-0.3, -0.25) is 0 Å². The minimum atomic E-state index is 0.779. The average Bonchev–Trinajstić information content (AvgIpc) is 3.06. The van der Waals surface area contributed by atoms with E-state index in [9.17, 15) is 0 Å². The van der Waals surface area contributed by atoms with Gasteiger partial charge in [-0.25, -0.2) is 0 Å². The van der Waals surface area contributed by atoms with E-state index >= 15 is 0 Å². The molecule has 1 heterocycles. The number of nitrogens with one attached hydrogen (secondary N) is 1. The monoisotopic (exact) mass is 380 g/mol. The Morgan fingerprint density at radius 2 is 1.69 bits per heavy atom. The molecule has 0 fully saturated rings. The molecule has 0 amide bonds. The van der Waals surface area contributed by atoms with Crippen molar-refractivity contribution in [2.45, 2.75) is 26.8 Å². The highest BCUT2D eigenvalue weighted by atomic mass is 32.1. The Bertz CT molecular complexity index is 855. The summed E-state index contributed by atoms with van der Waals surface area (Å²) < 4.78 is 0. The minimum Gasteiger partial charge on any atom is -0.344 e. The topological polar surface area (TPSA) is 15.3 Å². The maximum absolute atomic E-state index is 5.76. The highest BCUT2D eigenvalue weighted by Gasteiger charge is 2.13. The Balaban J connectivity index is 1.72. The highest BCUT2D eigenvalue weighted by molar-refractivity contribution is 7.80. The maximum Gasteiger partial charge on any atom is 0.173 e. The first-order chi connectivity index (χ1) is 12.6. The van der Waals surface area contributed by atoms with Gasteiger partial charge in [0.2, 0.25) is 0 Å². The molecule has 2 aromatic carbocycles. The first-order valence-corrected chi connectivity index (χ1v) is 10.0. The van der Waals surface area contributed by atoms with Crippen LogP contribution in [0, 0.1) is 13.8 Å². The van der Waals surface area contributed by atoms with Crippen molar-refractivity contribution in [3.8, 4) is 0 Å². The molecule has 0 aliphatic carbocycles. The van der Waals surface area contributed by atoms with Gasteiger partial charge in [-0.15, -0.1) is 11.3 Å². The normalized spacial score (nSPS) is 10.5. The van der Waals surface area contributed by atoms with E-state index in [1.54, 1.807) is 0 Å². The summed E-state index contributed by atoms with van der Waals surface area (Å²) in [5, 5.41) is 4.21. The lowest BCUT2D eigenvalue weighted by Crippen LogP contribution is -2.35. The summed E-state index contributed by atoms with van der Waals surface area (Å²) >= 11 is 7.59. The van der Waals surface area contributed by atoms with E-state index in [2.05, 4.69) is 78.7 Å². The fourth-order valence-electron chi connectivity index (χ4n) is 2.83. The summed E-state index contributed by atoms with van der Waals surface area (Å²) in [5.41, 5.74) is 3.60. The van der Waals surface area contributed by atoms with Crippen LogP contribution < -0.4 is 5.32 Å². The zero-order valence-corrected chi connectivity index (χ0v) is 16.9. The van der Waals surface area contributed by atoms with E-state index in [0.29, 0.717) is 0 Å². The number of hydrogen-bond acceptors (Lipinski definition) is 2. The molecule has 0 radical (unpaired) electrons. The second kappa shape index (κ2) is 8.97. The summed E-state index contributed by atoms with van der Waals surface area (Å²) in [6, 6.07) is 23.2. The molecular formula is C22H24N2S2. The zero-order valence-electron chi connectivity index (χ0n) is 15.2. The molecule has 0 spiro atoms. The fourth-order valence-corrected chi connectivity index (χ4v) is 4.00. The van der Waals surface area contributed by atoms with Crippen LogP contribution >= 0.6 is 23.6 Å². The van der Waals surface area contributed by atoms with Crippen molar-refractivity contribution in [3.05, 3.63) is 87.6 Å². The Hall–Kier alpha value is -2.17. The SMILES string of the molecule is Cc1ccc(CN(CCc2ccccc2)C(=S)Nc2ccccc2C)s1. The summed E-state index contributed by atoms with van der Waals surface area (Å²) in [5.74, 6) is 0. The number of para-hydroxylation sites is 1. The molecular weight excluding hydrogens is 356 g/mol. The van der Waals surface area contributed by atoms with E-state index in [0.717, 1.165) is 30.3 Å². The van der Waals surface area contributed by atoms with Crippen molar-refractivity contribution in [2.24, 2.45) is 0 Å². The van der Waals surface area contributed by atoms with Gasteiger partial charge in [0.1, 0.15) is 0 Å². The smallest absolute Gasteiger partial charge is 0.173 e. The minimum absolute atomic E-state index is 0.779. The lowest BCUT2D eigenvalue weighted by molar-refractivity contribution is 0.427. The van der Waals surface area contributed by atoms with Crippen LogP contribution in [-0.2, 0) is 13.0 Å². The fraction of sp³-hybridized carbons (Fsp3) is 0.227. The summed E-state index contributed by atoms with van der Waals surface area (Å²) in [4.78, 5) is 4.94. The molecule has 26 heavy (non-hydrogen) atoms. The van der Waals surface area contributed by atoms with Crippen LogP contribution in [0.4, 0.5) is 5.69 Å². The third kappa shape index (κ3) is 5.16. The number of aryl methyl sites for hydroxylation is 2. The standard InChI is InChI=1S/C22H24N2S2/c1-17-8-6-7-11-21(17)23-22(25)24(16-20-13-12-18(2)26-20)15-14-19-9-4-3-5-10-19/h3-13H,14-16H2,1-2H3,(H,23,25). The molecule has 4 heteroatoms. The van der Waals surface area contributed by atoms with Crippen molar-refractivity contribution in [1.82, 2.24) is 4.90 Å². The van der Waals surface area contributed by atoms with E-state index in [1.807, 2.05) is 23.5 Å². The number of thiophene rings is 1. The second-order valence-corrected chi connectivity index (χ2v) is 8.17. The number of anilines is 1. The Kier molecular flexibility index (Phi) is 6.42. The van der Waals surface area contributed by atoms with Crippen molar-refractivity contribution < 1.29 is 0 Å². The molecule has 134 valence electrons. The highest BCUT2D eigenvalue weighted by Crippen LogP contribution is 2.19. The van der Waals surface area contributed by atoms with Gasteiger partial charge in [-0.2, -0.15) is 0 Å². The maximum atomic E-state index is 5.76. The lowest BCUT2D eigenvalue weighted by Gasteiger charge is -2.26. The molecule has 0 aliphatic heterocycles. The predicted octanol–water partition coefficient (Wildman–Crippen LogP) is 5.81. The zero-order chi connectivity index (χ0) is 18.4. The quantitative estimate of drug-likeness (QED) is 0.544. The molecule has 3 rings (SSSR count). The van der Waals surface area contributed by atoms with Crippen LogP contribution in [0.25, 0.3) is 0 Å². The number of hydrogen-bond donors (Lipinski definition) is 1. The molecule has 2 nitrogen and oxygen atoms in total. The van der Waals surface area contributed by atoms with Crippen molar-refractivity contribution in [3.63, 3.8) is 0 Å². The average molecular weight is 381 g/mol. The summed E-state index contributed by atoms with van der Waals surface area (Å²) in [7, 11) is 0.